The van der Waals surface area contributed by atoms with Crippen molar-refractivity contribution in [3.8, 4) is 0 Å². The highest BCUT2D eigenvalue weighted by molar-refractivity contribution is 8.00. The Labute approximate surface area is 105 Å². The van der Waals surface area contributed by atoms with Crippen molar-refractivity contribution in [2.45, 2.75) is 44.2 Å². The van der Waals surface area contributed by atoms with Gasteiger partial charge in [0.2, 0.25) is 5.91 Å². The third-order valence-corrected chi connectivity index (χ3v) is 4.14. The number of thioether (sulfide) groups is 1. The summed E-state index contributed by atoms with van der Waals surface area (Å²) >= 11 is 1.49. The first kappa shape index (κ1) is 14.3. The summed E-state index contributed by atoms with van der Waals surface area (Å²) in [5.74, 6) is -0.650. The van der Waals surface area contributed by atoms with E-state index in [1.165, 1.54) is 16.7 Å². The molecule has 1 fully saturated rings. The standard InChI is InChI=1S/C11H19NO4S/c1-7-12(8(6-17-7)10(14)15)9(13)5-11(2,3)16-4/h7-8H,5-6H2,1-4H3,(H,14,15). The van der Waals surface area contributed by atoms with Gasteiger partial charge in [0.1, 0.15) is 6.04 Å². The molecular weight excluding hydrogens is 242 g/mol. The minimum atomic E-state index is -0.939. The van der Waals surface area contributed by atoms with E-state index in [0.29, 0.717) is 5.75 Å². The molecule has 0 bridgehead atoms. The van der Waals surface area contributed by atoms with Crippen molar-refractivity contribution in [2.24, 2.45) is 0 Å². The third kappa shape index (κ3) is 3.35. The summed E-state index contributed by atoms with van der Waals surface area (Å²) in [6.07, 6.45) is 0.193. The number of carboxylic acid groups (broad SMARTS) is 1. The Hall–Kier alpha value is -0.750. The van der Waals surface area contributed by atoms with Crippen LogP contribution >= 0.6 is 11.8 Å². The molecule has 1 rings (SSSR count). The number of amides is 1. The van der Waals surface area contributed by atoms with Crippen molar-refractivity contribution in [1.82, 2.24) is 4.90 Å². The number of hydrogen-bond donors (Lipinski definition) is 1. The molecule has 17 heavy (non-hydrogen) atoms. The second kappa shape index (κ2) is 5.27. The summed E-state index contributed by atoms with van der Waals surface area (Å²) in [6.45, 7) is 5.48. The Bertz CT molecular complexity index is 319. The van der Waals surface area contributed by atoms with Gasteiger partial charge in [-0.25, -0.2) is 4.79 Å². The minimum Gasteiger partial charge on any atom is -0.480 e. The van der Waals surface area contributed by atoms with Gasteiger partial charge in [-0.15, -0.1) is 11.8 Å². The number of methoxy groups -OCH3 is 1. The summed E-state index contributed by atoms with van der Waals surface area (Å²) in [7, 11) is 1.55. The second-order valence-corrected chi connectivity index (χ2v) is 6.08. The molecule has 1 N–H and O–H groups in total. The highest BCUT2D eigenvalue weighted by Gasteiger charge is 2.40. The lowest BCUT2D eigenvalue weighted by Gasteiger charge is -2.29. The molecule has 1 heterocycles. The molecule has 0 radical (unpaired) electrons. The van der Waals surface area contributed by atoms with Crippen LogP contribution in [0.4, 0.5) is 0 Å². The first-order valence-electron chi connectivity index (χ1n) is 5.49. The lowest BCUT2D eigenvalue weighted by molar-refractivity contribution is -0.151. The second-order valence-electron chi connectivity index (χ2n) is 4.73. The van der Waals surface area contributed by atoms with Crippen molar-refractivity contribution in [2.75, 3.05) is 12.9 Å². The largest absolute Gasteiger partial charge is 0.480 e. The first-order valence-corrected chi connectivity index (χ1v) is 6.54. The molecule has 98 valence electrons. The Balaban J connectivity index is 2.76. The Morgan fingerprint density at radius 1 is 1.53 bits per heavy atom. The number of hydrogen-bond acceptors (Lipinski definition) is 4. The van der Waals surface area contributed by atoms with Gasteiger partial charge in [0.15, 0.2) is 0 Å². The third-order valence-electron chi connectivity index (χ3n) is 2.93. The highest BCUT2D eigenvalue weighted by atomic mass is 32.2. The quantitative estimate of drug-likeness (QED) is 0.823. The van der Waals surface area contributed by atoms with E-state index in [4.69, 9.17) is 9.84 Å². The van der Waals surface area contributed by atoms with Crippen LogP contribution in [-0.4, -0.2) is 51.8 Å². The minimum absolute atomic E-state index is 0.0868. The van der Waals surface area contributed by atoms with Crippen LogP contribution in [0.25, 0.3) is 0 Å². The summed E-state index contributed by atoms with van der Waals surface area (Å²) in [4.78, 5) is 24.6. The molecule has 0 aromatic heterocycles. The molecule has 1 amide bonds. The van der Waals surface area contributed by atoms with Gasteiger partial charge in [0, 0.05) is 12.9 Å². The number of carbonyl (C=O) groups excluding carboxylic acids is 1. The Morgan fingerprint density at radius 3 is 2.59 bits per heavy atom. The van der Waals surface area contributed by atoms with Gasteiger partial charge >= 0.3 is 5.97 Å². The summed E-state index contributed by atoms with van der Waals surface area (Å²) in [5, 5.41) is 8.98. The maximum atomic E-state index is 12.1. The predicted molar refractivity (Wildman–Crippen MR) is 65.9 cm³/mol. The molecule has 0 aromatic carbocycles. The van der Waals surface area contributed by atoms with Crippen LogP contribution in [0.1, 0.15) is 27.2 Å². The molecule has 0 spiro atoms. The summed E-state index contributed by atoms with van der Waals surface area (Å²) < 4.78 is 5.20. The maximum Gasteiger partial charge on any atom is 0.327 e. The van der Waals surface area contributed by atoms with Crippen LogP contribution in [0, 0.1) is 0 Å². The molecule has 0 saturated carbocycles. The van der Waals surface area contributed by atoms with Crippen LogP contribution in [0.3, 0.4) is 0 Å². The molecule has 1 aliphatic heterocycles. The van der Waals surface area contributed by atoms with Crippen molar-refractivity contribution in [3.05, 3.63) is 0 Å². The van der Waals surface area contributed by atoms with Gasteiger partial charge < -0.3 is 14.7 Å². The van der Waals surface area contributed by atoms with Gasteiger partial charge in [-0.2, -0.15) is 0 Å². The van der Waals surface area contributed by atoms with E-state index in [2.05, 4.69) is 0 Å². The molecule has 1 aliphatic rings. The number of nitrogens with zero attached hydrogens (tertiary/aromatic N) is 1. The zero-order chi connectivity index (χ0) is 13.2. The molecule has 0 aromatic rings. The molecule has 2 atom stereocenters. The normalized spacial score (nSPS) is 25.1. The Kier molecular flexibility index (Phi) is 4.43. The van der Waals surface area contributed by atoms with Gasteiger partial charge in [-0.1, -0.05) is 0 Å². The summed E-state index contributed by atoms with van der Waals surface area (Å²) in [6, 6.07) is -0.713. The SMILES string of the molecule is COC(C)(C)CC(=O)N1C(C)SCC1C(=O)O. The average Bonchev–Trinajstić information content (AvgIpc) is 2.59. The molecule has 5 nitrogen and oxygen atoms in total. The number of ether oxygens (including phenoxy) is 1. The van der Waals surface area contributed by atoms with Gasteiger partial charge in [-0.05, 0) is 20.8 Å². The fourth-order valence-corrected chi connectivity index (χ4v) is 2.93. The molecule has 1 saturated heterocycles. The van der Waals surface area contributed by atoms with Crippen molar-refractivity contribution >= 4 is 23.6 Å². The van der Waals surface area contributed by atoms with E-state index < -0.39 is 17.6 Å². The molecule has 6 heteroatoms. The van der Waals surface area contributed by atoms with E-state index in [1.54, 1.807) is 7.11 Å². The van der Waals surface area contributed by atoms with Crippen molar-refractivity contribution < 1.29 is 19.4 Å². The van der Waals surface area contributed by atoms with Crippen molar-refractivity contribution in [3.63, 3.8) is 0 Å². The molecular formula is C11H19NO4S. The monoisotopic (exact) mass is 261 g/mol. The van der Waals surface area contributed by atoms with Crippen LogP contribution in [0.15, 0.2) is 0 Å². The number of rotatable bonds is 4. The zero-order valence-electron chi connectivity index (χ0n) is 10.6. The smallest absolute Gasteiger partial charge is 0.327 e. The van der Waals surface area contributed by atoms with Crippen LogP contribution < -0.4 is 0 Å². The topological polar surface area (TPSA) is 66.8 Å². The van der Waals surface area contributed by atoms with E-state index >= 15 is 0 Å². The number of carboxylic acids is 1. The zero-order valence-corrected chi connectivity index (χ0v) is 11.4. The predicted octanol–water partition coefficient (Wildman–Crippen LogP) is 1.18. The Morgan fingerprint density at radius 2 is 2.12 bits per heavy atom. The van der Waals surface area contributed by atoms with E-state index in [1.807, 2.05) is 20.8 Å². The van der Waals surface area contributed by atoms with E-state index in [-0.39, 0.29) is 17.7 Å². The average molecular weight is 261 g/mol. The van der Waals surface area contributed by atoms with E-state index in [9.17, 15) is 9.59 Å². The maximum absolute atomic E-state index is 12.1. The van der Waals surface area contributed by atoms with Gasteiger partial charge in [-0.3, -0.25) is 4.79 Å². The number of carbonyl (C=O) groups is 2. The van der Waals surface area contributed by atoms with Crippen molar-refractivity contribution in [1.29, 1.82) is 0 Å². The fraction of sp³-hybridized carbons (Fsp3) is 0.818. The van der Waals surface area contributed by atoms with Crippen LogP contribution in [0.5, 0.6) is 0 Å². The summed E-state index contributed by atoms with van der Waals surface area (Å²) in [5.41, 5.74) is -0.562. The first-order chi connectivity index (χ1) is 7.78. The van der Waals surface area contributed by atoms with Gasteiger partial charge in [0.05, 0.1) is 17.4 Å². The van der Waals surface area contributed by atoms with Crippen LogP contribution in [-0.2, 0) is 14.3 Å². The lowest BCUT2D eigenvalue weighted by atomic mass is 10.0. The van der Waals surface area contributed by atoms with Gasteiger partial charge in [0.25, 0.3) is 0 Å². The highest BCUT2D eigenvalue weighted by Crippen LogP contribution is 2.30. The lowest BCUT2D eigenvalue weighted by Crippen LogP contribution is -2.47. The molecule has 0 aliphatic carbocycles. The van der Waals surface area contributed by atoms with Crippen LogP contribution in [0.2, 0.25) is 0 Å². The number of aliphatic carboxylic acids is 1. The molecule has 2 unspecified atom stereocenters. The fourth-order valence-electron chi connectivity index (χ4n) is 1.74. The van der Waals surface area contributed by atoms with E-state index in [0.717, 1.165) is 0 Å².